The zero-order chi connectivity index (χ0) is 18.3. The van der Waals surface area contributed by atoms with Gasteiger partial charge in [-0.15, -0.1) is 0 Å². The number of benzene rings is 2. The minimum atomic E-state index is -0.174. The highest BCUT2D eigenvalue weighted by Gasteiger charge is 2.32. The maximum atomic E-state index is 12.3. The van der Waals surface area contributed by atoms with E-state index in [-0.39, 0.29) is 12.1 Å². The van der Waals surface area contributed by atoms with Crippen LogP contribution in [0, 0.1) is 0 Å². The number of hydrogen-bond acceptors (Lipinski definition) is 2. The Morgan fingerprint density at radius 1 is 1.15 bits per heavy atom. The summed E-state index contributed by atoms with van der Waals surface area (Å²) in [6, 6.07) is 12.0. The number of fused-ring (bicyclic) bond motifs is 2. The monoisotopic (exact) mass is 476 g/mol. The average molecular weight is 478 g/mol. The second kappa shape index (κ2) is 7.08. The normalized spacial score (nSPS) is 18.6. The van der Waals surface area contributed by atoms with Crippen molar-refractivity contribution in [3.8, 4) is 5.75 Å². The molecule has 2 aliphatic rings. The Hall–Kier alpha value is -1.79. The predicted octanol–water partition coefficient (Wildman–Crippen LogP) is 5.32. The number of nitrogens with one attached hydrogen (secondary N) is 2. The van der Waals surface area contributed by atoms with Gasteiger partial charge in [-0.2, -0.15) is 0 Å². The summed E-state index contributed by atoms with van der Waals surface area (Å²) in [6.45, 7) is 2.54. The van der Waals surface area contributed by atoms with Crippen LogP contribution in [0.15, 0.2) is 50.9 Å². The average Bonchev–Trinajstić information content (AvgIpc) is 2.63. The predicted molar refractivity (Wildman–Crippen MR) is 109 cm³/mol. The molecule has 0 fully saturated rings. The van der Waals surface area contributed by atoms with E-state index < -0.39 is 0 Å². The molecule has 1 atom stereocenters. The molecule has 0 radical (unpaired) electrons. The van der Waals surface area contributed by atoms with Crippen LogP contribution in [0.5, 0.6) is 5.75 Å². The van der Waals surface area contributed by atoms with E-state index in [1.807, 2.05) is 31.2 Å². The van der Waals surface area contributed by atoms with E-state index in [9.17, 15) is 4.79 Å². The van der Waals surface area contributed by atoms with Crippen molar-refractivity contribution in [3.63, 3.8) is 0 Å². The first-order chi connectivity index (χ1) is 12.6. The fraction of sp³-hybridized carbons (Fsp3) is 0.250. The minimum absolute atomic E-state index is 0.157. The standard InChI is InChI=1S/C20H18Br2N2O2/c1-2-26-19-15(21)9-12(10-16(19)22)17-14-8-7-11-5-3-4-6-13(11)18(14)24-20(25)23-17/h3-6,9-10,17H,2,7-8H2,1H3,(H2,23,24,25). The molecular formula is C20H18Br2N2O2. The summed E-state index contributed by atoms with van der Waals surface area (Å²) in [5, 5.41) is 6.09. The molecule has 0 aromatic heterocycles. The highest BCUT2D eigenvalue weighted by molar-refractivity contribution is 9.11. The van der Waals surface area contributed by atoms with Crippen molar-refractivity contribution >= 4 is 43.6 Å². The molecule has 1 heterocycles. The van der Waals surface area contributed by atoms with E-state index in [0.717, 1.165) is 44.4 Å². The molecular weight excluding hydrogens is 460 g/mol. The van der Waals surface area contributed by atoms with E-state index in [1.54, 1.807) is 0 Å². The van der Waals surface area contributed by atoms with Gasteiger partial charge >= 0.3 is 6.03 Å². The number of carbonyl (C=O) groups excluding carboxylic acids is 1. The SMILES string of the molecule is CCOc1c(Br)cc(C2NC(=O)NC3=C2CCc2ccccc23)cc1Br. The molecule has 134 valence electrons. The number of hydrogen-bond donors (Lipinski definition) is 2. The molecule has 1 aliphatic heterocycles. The molecule has 2 N–H and O–H groups in total. The quantitative estimate of drug-likeness (QED) is 0.628. The van der Waals surface area contributed by atoms with Gasteiger partial charge in [0.15, 0.2) is 0 Å². The summed E-state index contributed by atoms with van der Waals surface area (Å²) < 4.78 is 7.42. The first-order valence-electron chi connectivity index (χ1n) is 8.59. The van der Waals surface area contributed by atoms with E-state index in [1.165, 1.54) is 11.1 Å². The van der Waals surface area contributed by atoms with Crippen LogP contribution in [0.1, 0.15) is 36.1 Å². The Balaban J connectivity index is 1.81. The number of amides is 2. The summed E-state index contributed by atoms with van der Waals surface area (Å²) in [5.74, 6) is 0.778. The zero-order valence-corrected chi connectivity index (χ0v) is 17.4. The molecule has 0 spiro atoms. The van der Waals surface area contributed by atoms with E-state index in [2.05, 4.69) is 54.6 Å². The van der Waals surface area contributed by atoms with Gasteiger partial charge < -0.3 is 15.4 Å². The largest absolute Gasteiger partial charge is 0.492 e. The van der Waals surface area contributed by atoms with Gasteiger partial charge in [0.2, 0.25) is 0 Å². The van der Waals surface area contributed by atoms with Crippen molar-refractivity contribution in [2.24, 2.45) is 0 Å². The lowest BCUT2D eigenvalue weighted by molar-refractivity contribution is 0.240. The maximum absolute atomic E-state index is 12.3. The molecule has 2 aromatic carbocycles. The number of ether oxygens (including phenoxy) is 1. The van der Waals surface area contributed by atoms with Crippen molar-refractivity contribution < 1.29 is 9.53 Å². The fourth-order valence-electron chi connectivity index (χ4n) is 3.67. The van der Waals surface area contributed by atoms with Crippen LogP contribution in [0.25, 0.3) is 5.70 Å². The molecule has 2 aromatic rings. The van der Waals surface area contributed by atoms with Gasteiger partial charge in [0.05, 0.1) is 27.3 Å². The van der Waals surface area contributed by atoms with Crippen molar-refractivity contribution in [1.82, 2.24) is 10.6 Å². The van der Waals surface area contributed by atoms with E-state index in [4.69, 9.17) is 4.74 Å². The minimum Gasteiger partial charge on any atom is -0.492 e. The Bertz CT molecular complexity index is 901. The summed E-state index contributed by atoms with van der Waals surface area (Å²) in [4.78, 5) is 12.3. The van der Waals surface area contributed by atoms with Crippen molar-refractivity contribution in [2.75, 3.05) is 6.61 Å². The molecule has 4 nitrogen and oxygen atoms in total. The van der Waals surface area contributed by atoms with Crippen LogP contribution in [-0.4, -0.2) is 12.6 Å². The van der Waals surface area contributed by atoms with Gasteiger partial charge in [0.1, 0.15) is 5.75 Å². The second-order valence-corrected chi connectivity index (χ2v) is 8.04. The third-order valence-corrected chi connectivity index (χ3v) is 5.95. The zero-order valence-electron chi connectivity index (χ0n) is 14.2. The lowest BCUT2D eigenvalue weighted by atomic mass is 9.83. The third kappa shape index (κ3) is 3.05. The lowest BCUT2D eigenvalue weighted by Gasteiger charge is -2.34. The van der Waals surface area contributed by atoms with Crippen molar-refractivity contribution in [2.45, 2.75) is 25.8 Å². The molecule has 0 saturated carbocycles. The van der Waals surface area contributed by atoms with Crippen molar-refractivity contribution in [3.05, 3.63) is 67.6 Å². The fourth-order valence-corrected chi connectivity index (χ4v) is 5.12. The highest BCUT2D eigenvalue weighted by atomic mass is 79.9. The highest BCUT2D eigenvalue weighted by Crippen LogP contribution is 2.42. The Labute approximate surface area is 169 Å². The van der Waals surface area contributed by atoms with Crippen molar-refractivity contribution in [1.29, 1.82) is 0 Å². The number of aryl methyl sites for hydroxylation is 1. The first-order valence-corrected chi connectivity index (χ1v) is 10.2. The molecule has 4 rings (SSSR count). The summed E-state index contributed by atoms with van der Waals surface area (Å²) in [6.07, 6.45) is 1.88. The molecule has 2 amide bonds. The van der Waals surface area contributed by atoms with Gasteiger partial charge in [-0.05, 0) is 80.5 Å². The van der Waals surface area contributed by atoms with Gasteiger partial charge in [-0.25, -0.2) is 4.79 Å². The number of halogens is 2. The molecule has 6 heteroatoms. The maximum Gasteiger partial charge on any atom is 0.319 e. The van der Waals surface area contributed by atoms with E-state index >= 15 is 0 Å². The topological polar surface area (TPSA) is 50.4 Å². The molecule has 26 heavy (non-hydrogen) atoms. The molecule has 1 aliphatic carbocycles. The van der Waals surface area contributed by atoms with E-state index in [0.29, 0.717) is 6.61 Å². The Kier molecular flexibility index (Phi) is 4.80. The summed E-state index contributed by atoms with van der Waals surface area (Å²) in [5.41, 5.74) is 5.58. The van der Waals surface area contributed by atoms with Gasteiger partial charge in [0, 0.05) is 5.56 Å². The first kappa shape index (κ1) is 17.6. The van der Waals surface area contributed by atoms with Gasteiger partial charge in [-0.3, -0.25) is 0 Å². The third-order valence-electron chi connectivity index (χ3n) is 4.78. The Morgan fingerprint density at radius 2 is 1.88 bits per heavy atom. The number of urea groups is 1. The number of rotatable bonds is 3. The van der Waals surface area contributed by atoms with Crippen LogP contribution < -0.4 is 15.4 Å². The van der Waals surface area contributed by atoms with Crippen LogP contribution in [0.3, 0.4) is 0 Å². The smallest absolute Gasteiger partial charge is 0.319 e. The van der Waals surface area contributed by atoms with Crippen LogP contribution in [-0.2, 0) is 6.42 Å². The van der Waals surface area contributed by atoms with Crippen LogP contribution in [0.2, 0.25) is 0 Å². The summed E-state index contributed by atoms with van der Waals surface area (Å²) in [7, 11) is 0. The molecule has 0 bridgehead atoms. The molecule has 0 saturated heterocycles. The number of carbonyl (C=O) groups is 1. The van der Waals surface area contributed by atoms with Gasteiger partial charge in [0.25, 0.3) is 0 Å². The summed E-state index contributed by atoms with van der Waals surface area (Å²) >= 11 is 7.19. The van der Waals surface area contributed by atoms with Gasteiger partial charge in [-0.1, -0.05) is 24.3 Å². The van der Waals surface area contributed by atoms with Crippen LogP contribution in [0.4, 0.5) is 4.79 Å². The second-order valence-electron chi connectivity index (χ2n) is 6.34. The van der Waals surface area contributed by atoms with Crippen LogP contribution >= 0.6 is 31.9 Å². The molecule has 1 unspecified atom stereocenters. The Morgan fingerprint density at radius 3 is 2.62 bits per heavy atom. The lowest BCUT2D eigenvalue weighted by Crippen LogP contribution is -2.44.